The molecular formula is C24H21NO3. The smallest absolute Gasteiger partial charge is 0.363 e. The zero-order valence-corrected chi connectivity index (χ0v) is 15.7. The molecule has 0 spiro atoms. The third-order valence-corrected chi connectivity index (χ3v) is 4.57. The highest BCUT2D eigenvalue weighted by atomic mass is 16.6. The number of ether oxygens (including phenoxy) is 2. The fourth-order valence-electron chi connectivity index (χ4n) is 3.01. The molecule has 0 fully saturated rings. The number of cyclic esters (lactones) is 1. The highest BCUT2D eigenvalue weighted by Crippen LogP contribution is 2.23. The van der Waals surface area contributed by atoms with Crippen LogP contribution in [0.15, 0.2) is 77.4 Å². The van der Waals surface area contributed by atoms with Gasteiger partial charge in [0.25, 0.3) is 0 Å². The van der Waals surface area contributed by atoms with Crippen molar-refractivity contribution in [1.29, 1.82) is 0 Å². The molecule has 0 unspecified atom stereocenters. The van der Waals surface area contributed by atoms with Crippen LogP contribution in [-0.2, 0) is 9.53 Å². The van der Waals surface area contributed by atoms with Crippen LogP contribution in [0.2, 0.25) is 0 Å². The van der Waals surface area contributed by atoms with Crippen molar-refractivity contribution >= 4 is 28.7 Å². The molecule has 0 aliphatic carbocycles. The number of unbranched alkanes of at least 4 members (excludes halogenated alkanes) is 1. The Bertz CT molecular complexity index is 1060. The van der Waals surface area contributed by atoms with E-state index in [9.17, 15) is 4.79 Å². The van der Waals surface area contributed by atoms with Gasteiger partial charge in [-0.25, -0.2) is 9.79 Å². The van der Waals surface area contributed by atoms with Gasteiger partial charge in [-0.3, -0.25) is 0 Å². The molecule has 4 heteroatoms. The first kappa shape index (κ1) is 18.0. The lowest BCUT2D eigenvalue weighted by molar-refractivity contribution is -0.129. The SMILES string of the molecule is CCCCOc1ccc(/C=C2\N=C(c3ccc4ccccc4c3)OC2=O)cc1. The van der Waals surface area contributed by atoms with E-state index >= 15 is 0 Å². The standard InChI is InChI=1S/C24H21NO3/c1-2-3-14-27-21-12-8-17(9-13-21)15-22-24(26)28-23(25-22)20-11-10-18-6-4-5-7-19(18)16-20/h4-13,15-16H,2-3,14H2,1H3/b22-15-. The van der Waals surface area contributed by atoms with Crippen LogP contribution in [-0.4, -0.2) is 18.5 Å². The fraction of sp³-hybridized carbons (Fsp3) is 0.167. The van der Waals surface area contributed by atoms with Crippen molar-refractivity contribution in [3.63, 3.8) is 0 Å². The normalized spacial score (nSPS) is 15.0. The predicted octanol–water partition coefficient (Wildman–Crippen LogP) is 5.36. The van der Waals surface area contributed by atoms with E-state index in [0.717, 1.165) is 40.5 Å². The summed E-state index contributed by atoms with van der Waals surface area (Å²) in [5, 5.41) is 2.21. The average Bonchev–Trinajstić information content (AvgIpc) is 3.09. The summed E-state index contributed by atoms with van der Waals surface area (Å²) in [5.74, 6) is 0.720. The van der Waals surface area contributed by atoms with Crippen molar-refractivity contribution in [2.45, 2.75) is 19.8 Å². The molecule has 1 aliphatic heterocycles. The minimum Gasteiger partial charge on any atom is -0.494 e. The quantitative estimate of drug-likeness (QED) is 0.333. The molecule has 0 saturated carbocycles. The maximum absolute atomic E-state index is 12.2. The summed E-state index contributed by atoms with van der Waals surface area (Å²) in [7, 11) is 0. The maximum Gasteiger partial charge on any atom is 0.363 e. The Labute approximate surface area is 164 Å². The van der Waals surface area contributed by atoms with Gasteiger partial charge >= 0.3 is 5.97 Å². The molecule has 0 radical (unpaired) electrons. The van der Waals surface area contributed by atoms with E-state index in [-0.39, 0.29) is 0 Å². The number of fused-ring (bicyclic) bond motifs is 1. The predicted molar refractivity (Wildman–Crippen MR) is 111 cm³/mol. The molecule has 0 saturated heterocycles. The lowest BCUT2D eigenvalue weighted by atomic mass is 10.1. The minimum atomic E-state index is -0.438. The first-order valence-electron chi connectivity index (χ1n) is 9.47. The van der Waals surface area contributed by atoms with E-state index in [1.165, 1.54) is 0 Å². The van der Waals surface area contributed by atoms with E-state index in [0.29, 0.717) is 18.2 Å². The number of carbonyl (C=O) groups is 1. The number of esters is 1. The number of carbonyl (C=O) groups excluding carboxylic acids is 1. The van der Waals surface area contributed by atoms with Gasteiger partial charge in [-0.2, -0.15) is 0 Å². The minimum absolute atomic E-state index is 0.294. The molecular weight excluding hydrogens is 350 g/mol. The molecule has 0 aromatic heterocycles. The summed E-state index contributed by atoms with van der Waals surface area (Å²) in [4.78, 5) is 16.6. The number of hydrogen-bond acceptors (Lipinski definition) is 4. The van der Waals surface area contributed by atoms with Gasteiger partial charge in [0.05, 0.1) is 6.61 Å². The number of benzene rings is 3. The Balaban J connectivity index is 1.54. The second-order valence-electron chi connectivity index (χ2n) is 6.67. The van der Waals surface area contributed by atoms with Crippen LogP contribution in [0.5, 0.6) is 5.75 Å². The van der Waals surface area contributed by atoms with E-state index in [1.54, 1.807) is 6.08 Å². The monoisotopic (exact) mass is 371 g/mol. The lowest BCUT2D eigenvalue weighted by Crippen LogP contribution is -2.05. The van der Waals surface area contributed by atoms with Crippen LogP contribution in [0, 0.1) is 0 Å². The van der Waals surface area contributed by atoms with Crippen molar-refractivity contribution in [3.05, 3.63) is 83.6 Å². The molecule has 0 bridgehead atoms. The molecule has 140 valence electrons. The largest absolute Gasteiger partial charge is 0.494 e. The summed E-state index contributed by atoms with van der Waals surface area (Å²) >= 11 is 0. The van der Waals surface area contributed by atoms with E-state index in [4.69, 9.17) is 9.47 Å². The molecule has 0 atom stereocenters. The zero-order valence-electron chi connectivity index (χ0n) is 15.7. The van der Waals surface area contributed by atoms with Crippen molar-refractivity contribution < 1.29 is 14.3 Å². The van der Waals surface area contributed by atoms with Crippen molar-refractivity contribution in [1.82, 2.24) is 0 Å². The van der Waals surface area contributed by atoms with Crippen molar-refractivity contribution in [3.8, 4) is 5.75 Å². The summed E-state index contributed by atoms with van der Waals surface area (Å²) in [6.07, 6.45) is 3.86. The molecule has 4 rings (SSSR count). The van der Waals surface area contributed by atoms with Gasteiger partial charge in [0.1, 0.15) is 5.75 Å². The van der Waals surface area contributed by atoms with E-state index < -0.39 is 5.97 Å². The summed E-state index contributed by atoms with van der Waals surface area (Å²) in [6.45, 7) is 2.84. The van der Waals surface area contributed by atoms with Gasteiger partial charge in [0, 0.05) is 5.56 Å². The average molecular weight is 371 g/mol. The van der Waals surface area contributed by atoms with Gasteiger partial charge < -0.3 is 9.47 Å². The number of aliphatic imine (C=N–C) groups is 1. The molecule has 4 nitrogen and oxygen atoms in total. The first-order chi connectivity index (χ1) is 13.7. The van der Waals surface area contributed by atoms with Crippen LogP contribution in [0.4, 0.5) is 0 Å². The maximum atomic E-state index is 12.2. The summed E-state index contributed by atoms with van der Waals surface area (Å²) < 4.78 is 11.1. The number of nitrogens with zero attached hydrogens (tertiary/aromatic N) is 1. The number of rotatable bonds is 6. The van der Waals surface area contributed by atoms with Gasteiger partial charge in [-0.05, 0) is 53.1 Å². The summed E-state index contributed by atoms with van der Waals surface area (Å²) in [6, 6.07) is 21.6. The molecule has 1 aliphatic rings. The van der Waals surface area contributed by atoms with Gasteiger partial charge in [-0.15, -0.1) is 0 Å². The summed E-state index contributed by atoms with van der Waals surface area (Å²) in [5.41, 5.74) is 1.95. The second-order valence-corrected chi connectivity index (χ2v) is 6.67. The highest BCUT2D eigenvalue weighted by Gasteiger charge is 2.24. The molecule has 3 aromatic carbocycles. The Morgan fingerprint density at radius 3 is 2.57 bits per heavy atom. The Morgan fingerprint density at radius 1 is 1.00 bits per heavy atom. The van der Waals surface area contributed by atoms with Crippen molar-refractivity contribution in [2.24, 2.45) is 4.99 Å². The third kappa shape index (κ3) is 3.96. The van der Waals surface area contributed by atoms with Crippen LogP contribution in [0.3, 0.4) is 0 Å². The second kappa shape index (κ2) is 8.09. The Kier molecular flexibility index (Phi) is 5.20. The van der Waals surface area contributed by atoms with Gasteiger partial charge in [-0.1, -0.05) is 55.8 Å². The number of hydrogen-bond donors (Lipinski definition) is 0. The lowest BCUT2D eigenvalue weighted by Gasteiger charge is -2.05. The molecule has 0 N–H and O–H groups in total. The molecule has 28 heavy (non-hydrogen) atoms. The Morgan fingerprint density at radius 2 is 1.79 bits per heavy atom. The van der Waals surface area contributed by atoms with Crippen LogP contribution in [0.1, 0.15) is 30.9 Å². The van der Waals surface area contributed by atoms with Gasteiger partial charge in [0.2, 0.25) is 5.90 Å². The van der Waals surface area contributed by atoms with Crippen LogP contribution < -0.4 is 4.74 Å². The molecule has 0 amide bonds. The molecule has 3 aromatic rings. The van der Waals surface area contributed by atoms with Crippen LogP contribution >= 0.6 is 0 Å². The zero-order chi connectivity index (χ0) is 19.3. The van der Waals surface area contributed by atoms with E-state index in [1.807, 2.05) is 66.7 Å². The van der Waals surface area contributed by atoms with Crippen molar-refractivity contribution in [2.75, 3.05) is 6.61 Å². The Hall–Kier alpha value is -3.40. The van der Waals surface area contributed by atoms with E-state index in [2.05, 4.69) is 11.9 Å². The first-order valence-corrected chi connectivity index (χ1v) is 9.47. The highest BCUT2D eigenvalue weighted by molar-refractivity contribution is 6.13. The van der Waals surface area contributed by atoms with Crippen LogP contribution in [0.25, 0.3) is 16.8 Å². The topological polar surface area (TPSA) is 47.9 Å². The fourth-order valence-corrected chi connectivity index (χ4v) is 3.01. The van der Waals surface area contributed by atoms with Gasteiger partial charge in [0.15, 0.2) is 5.70 Å². The third-order valence-electron chi connectivity index (χ3n) is 4.57. The molecule has 1 heterocycles.